The first-order chi connectivity index (χ1) is 7.84. The Labute approximate surface area is 96.0 Å². The molecule has 0 spiro atoms. The fourth-order valence-electron chi connectivity index (χ4n) is 2.63. The van der Waals surface area contributed by atoms with Crippen LogP contribution in [0.3, 0.4) is 0 Å². The molecule has 84 valence electrons. The van der Waals surface area contributed by atoms with Gasteiger partial charge in [0.1, 0.15) is 0 Å². The number of rotatable bonds is 1. The minimum atomic E-state index is 0.259. The summed E-state index contributed by atoms with van der Waals surface area (Å²) in [5.41, 5.74) is 8.06. The van der Waals surface area contributed by atoms with Crippen LogP contribution >= 0.6 is 0 Å². The van der Waals surface area contributed by atoms with Crippen LogP contribution in [0.5, 0.6) is 0 Å². The van der Waals surface area contributed by atoms with E-state index < -0.39 is 0 Å². The Balaban J connectivity index is 1.88. The number of fused-ring (bicyclic) bond motifs is 1. The number of anilines is 1. The van der Waals surface area contributed by atoms with E-state index in [0.717, 1.165) is 18.7 Å². The van der Waals surface area contributed by atoms with Crippen molar-refractivity contribution in [2.75, 3.05) is 18.8 Å². The second-order valence-electron chi connectivity index (χ2n) is 4.59. The molecule has 1 atom stereocenters. The maximum absolute atomic E-state index is 6.00. The smallest absolute Gasteiger partial charge is 0.0998 e. The summed E-state index contributed by atoms with van der Waals surface area (Å²) in [5.74, 6) is 1.29. The second kappa shape index (κ2) is 3.81. The third-order valence-corrected chi connectivity index (χ3v) is 3.50. The summed E-state index contributed by atoms with van der Waals surface area (Å²) in [6.07, 6.45) is 3.73. The van der Waals surface area contributed by atoms with Crippen LogP contribution in [-0.2, 0) is 0 Å². The Hall–Kier alpha value is -1.51. The van der Waals surface area contributed by atoms with Gasteiger partial charge >= 0.3 is 0 Å². The predicted molar refractivity (Wildman–Crippen MR) is 66.5 cm³/mol. The highest BCUT2D eigenvalue weighted by Gasteiger charge is 2.28. The molecule has 0 amide bonds. The monoisotopic (exact) mass is 215 g/mol. The van der Waals surface area contributed by atoms with Crippen molar-refractivity contribution in [2.45, 2.75) is 25.3 Å². The summed E-state index contributed by atoms with van der Waals surface area (Å²) in [4.78, 5) is 7.22. The van der Waals surface area contributed by atoms with Gasteiger partial charge in [0, 0.05) is 30.8 Å². The van der Waals surface area contributed by atoms with Gasteiger partial charge in [0.15, 0.2) is 0 Å². The molecular formula is C13H17N3. The number of amidine groups is 1. The lowest BCUT2D eigenvalue weighted by atomic mass is 10.1. The average molecular weight is 215 g/mol. The first-order valence-electron chi connectivity index (χ1n) is 6.00. The summed E-state index contributed by atoms with van der Waals surface area (Å²) in [6, 6.07) is 8.35. The Morgan fingerprint density at radius 3 is 2.94 bits per heavy atom. The van der Waals surface area contributed by atoms with Crippen LogP contribution in [-0.4, -0.2) is 23.8 Å². The van der Waals surface area contributed by atoms with Crippen molar-refractivity contribution < 1.29 is 0 Å². The third kappa shape index (κ3) is 1.56. The number of para-hydroxylation sites is 1. The molecule has 0 bridgehead atoms. The van der Waals surface area contributed by atoms with E-state index >= 15 is 0 Å². The van der Waals surface area contributed by atoms with Crippen molar-refractivity contribution in [3.05, 3.63) is 29.8 Å². The number of aliphatic imine (C=N–C) groups is 1. The number of hydrogen-bond donors (Lipinski definition) is 1. The number of nitrogens with two attached hydrogens (primary N) is 1. The lowest BCUT2D eigenvalue weighted by molar-refractivity contribution is 0.384. The molecular weight excluding hydrogens is 198 g/mol. The van der Waals surface area contributed by atoms with Gasteiger partial charge in [-0.05, 0) is 18.9 Å². The van der Waals surface area contributed by atoms with Gasteiger partial charge in [-0.2, -0.15) is 0 Å². The van der Waals surface area contributed by atoms with Gasteiger partial charge in [0.25, 0.3) is 0 Å². The van der Waals surface area contributed by atoms with E-state index in [2.05, 4.69) is 11.0 Å². The van der Waals surface area contributed by atoms with Crippen LogP contribution in [0.2, 0.25) is 0 Å². The van der Waals surface area contributed by atoms with E-state index in [0.29, 0.717) is 0 Å². The molecule has 1 saturated heterocycles. The van der Waals surface area contributed by atoms with E-state index in [1.54, 1.807) is 0 Å². The number of piperidine rings is 1. The summed E-state index contributed by atoms with van der Waals surface area (Å²) in [7, 11) is 0. The maximum atomic E-state index is 6.00. The Morgan fingerprint density at radius 2 is 2.12 bits per heavy atom. The minimum Gasteiger partial charge on any atom is -0.398 e. The fraction of sp³-hybridized carbons (Fsp3) is 0.462. The zero-order chi connectivity index (χ0) is 11.0. The topological polar surface area (TPSA) is 41.6 Å². The van der Waals surface area contributed by atoms with Crippen LogP contribution in [0, 0.1) is 0 Å². The summed E-state index contributed by atoms with van der Waals surface area (Å²) in [6.45, 7) is 2.19. The van der Waals surface area contributed by atoms with Crippen LogP contribution in [0.25, 0.3) is 0 Å². The van der Waals surface area contributed by atoms with Gasteiger partial charge in [-0.15, -0.1) is 0 Å². The van der Waals surface area contributed by atoms with Gasteiger partial charge in [-0.1, -0.05) is 18.2 Å². The molecule has 0 aliphatic carbocycles. The molecule has 3 rings (SSSR count). The second-order valence-corrected chi connectivity index (χ2v) is 4.59. The lowest BCUT2D eigenvalue weighted by Gasteiger charge is -2.25. The number of nitrogen functional groups attached to an aromatic ring is 1. The molecule has 0 radical (unpaired) electrons. The summed E-state index contributed by atoms with van der Waals surface area (Å²) < 4.78 is 0. The molecule has 0 saturated carbocycles. The Morgan fingerprint density at radius 1 is 1.25 bits per heavy atom. The van der Waals surface area contributed by atoms with E-state index in [1.807, 2.05) is 18.2 Å². The molecule has 1 aromatic carbocycles. The molecule has 3 heteroatoms. The molecule has 2 N–H and O–H groups in total. The van der Waals surface area contributed by atoms with Gasteiger partial charge in [0.05, 0.1) is 11.9 Å². The first kappa shape index (κ1) is 9.70. The summed E-state index contributed by atoms with van der Waals surface area (Å²) in [5, 5.41) is 0. The van der Waals surface area contributed by atoms with Gasteiger partial charge in [-0.3, -0.25) is 4.99 Å². The van der Waals surface area contributed by atoms with E-state index in [4.69, 9.17) is 10.7 Å². The van der Waals surface area contributed by atoms with Crippen molar-refractivity contribution in [1.82, 2.24) is 4.90 Å². The zero-order valence-electron chi connectivity index (χ0n) is 9.39. The molecule has 3 nitrogen and oxygen atoms in total. The van der Waals surface area contributed by atoms with Crippen LogP contribution in [0.1, 0.15) is 30.9 Å². The van der Waals surface area contributed by atoms with Crippen molar-refractivity contribution >= 4 is 11.5 Å². The molecule has 1 unspecified atom stereocenters. The third-order valence-electron chi connectivity index (χ3n) is 3.50. The molecule has 0 aromatic heterocycles. The highest BCUT2D eigenvalue weighted by molar-refractivity contribution is 5.85. The fourth-order valence-corrected chi connectivity index (χ4v) is 2.63. The van der Waals surface area contributed by atoms with E-state index in [9.17, 15) is 0 Å². The van der Waals surface area contributed by atoms with Crippen molar-refractivity contribution in [3.63, 3.8) is 0 Å². The van der Waals surface area contributed by atoms with Gasteiger partial charge in [-0.25, -0.2) is 0 Å². The Bertz CT molecular complexity index is 425. The highest BCUT2D eigenvalue weighted by Crippen LogP contribution is 2.31. The molecule has 2 aliphatic heterocycles. The zero-order valence-corrected chi connectivity index (χ0v) is 9.39. The SMILES string of the molecule is Nc1ccccc1C1CN2CCCCC2=N1. The molecule has 1 fully saturated rings. The van der Waals surface area contributed by atoms with E-state index in [1.165, 1.54) is 30.8 Å². The maximum Gasteiger partial charge on any atom is 0.0998 e. The number of nitrogens with zero attached hydrogens (tertiary/aromatic N) is 2. The molecule has 2 heterocycles. The van der Waals surface area contributed by atoms with Crippen LogP contribution < -0.4 is 5.73 Å². The highest BCUT2D eigenvalue weighted by atomic mass is 15.3. The predicted octanol–water partition coefficient (Wildman–Crippen LogP) is 2.21. The van der Waals surface area contributed by atoms with Crippen LogP contribution in [0.4, 0.5) is 5.69 Å². The number of hydrogen-bond acceptors (Lipinski definition) is 3. The van der Waals surface area contributed by atoms with Crippen molar-refractivity contribution in [2.24, 2.45) is 4.99 Å². The number of benzene rings is 1. The molecule has 1 aromatic rings. The standard InChI is InChI=1S/C13H17N3/c14-11-6-2-1-5-10(11)12-9-16-8-4-3-7-13(16)15-12/h1-2,5-6,12H,3-4,7-9,14H2. The van der Waals surface area contributed by atoms with Crippen LogP contribution in [0.15, 0.2) is 29.3 Å². The largest absolute Gasteiger partial charge is 0.398 e. The Kier molecular flexibility index (Phi) is 2.31. The van der Waals surface area contributed by atoms with Gasteiger partial charge in [0.2, 0.25) is 0 Å². The summed E-state index contributed by atoms with van der Waals surface area (Å²) >= 11 is 0. The minimum absolute atomic E-state index is 0.259. The van der Waals surface area contributed by atoms with Gasteiger partial charge < -0.3 is 10.6 Å². The van der Waals surface area contributed by atoms with Crippen molar-refractivity contribution in [1.29, 1.82) is 0 Å². The average Bonchev–Trinajstić information content (AvgIpc) is 2.73. The van der Waals surface area contributed by atoms with E-state index in [-0.39, 0.29) is 6.04 Å². The molecule has 2 aliphatic rings. The lowest BCUT2D eigenvalue weighted by Crippen LogP contribution is -2.32. The van der Waals surface area contributed by atoms with Crippen molar-refractivity contribution in [3.8, 4) is 0 Å². The first-order valence-corrected chi connectivity index (χ1v) is 6.00. The normalized spacial score (nSPS) is 24.1. The molecule has 16 heavy (non-hydrogen) atoms. The quantitative estimate of drug-likeness (QED) is 0.730.